The van der Waals surface area contributed by atoms with Gasteiger partial charge in [0.15, 0.2) is 38.7 Å². The van der Waals surface area contributed by atoms with Gasteiger partial charge >= 0.3 is 0 Å². The lowest BCUT2D eigenvalue weighted by molar-refractivity contribution is 0.0505. The van der Waals surface area contributed by atoms with Crippen molar-refractivity contribution in [1.29, 1.82) is 0 Å². The summed E-state index contributed by atoms with van der Waals surface area (Å²) in [5.74, 6) is 3.35. The Balaban J connectivity index is 0.000000198. The molecule has 270 valence electrons. The van der Waals surface area contributed by atoms with Crippen LogP contribution in [-0.2, 0) is 24.4 Å². The molecule has 0 amide bonds. The molecule has 0 aliphatic carbocycles. The van der Waals surface area contributed by atoms with Gasteiger partial charge < -0.3 is 47.4 Å². The number of benzene rings is 4. The highest BCUT2D eigenvalue weighted by atomic mass is 16.7. The van der Waals surface area contributed by atoms with E-state index in [9.17, 15) is 9.59 Å². The number of fused-ring (bicyclic) bond motifs is 2. The van der Waals surface area contributed by atoms with E-state index in [0.717, 1.165) is 11.1 Å². The van der Waals surface area contributed by atoms with Crippen molar-refractivity contribution in [3.63, 3.8) is 0 Å². The number of hydrogen-bond donors (Lipinski definition) is 0. The molecule has 0 N–H and O–H groups in total. The largest absolute Gasteiger partial charge is 0.492 e. The minimum atomic E-state index is -0.762. The third kappa shape index (κ3) is 8.97. The van der Waals surface area contributed by atoms with Crippen molar-refractivity contribution in [3.8, 4) is 34.5 Å². The number of rotatable bonds is 14. The molecule has 51 heavy (non-hydrogen) atoms. The van der Waals surface area contributed by atoms with Gasteiger partial charge in [0.05, 0.1) is 22.5 Å². The monoisotopic (exact) mass is 702 g/mol. The summed E-state index contributed by atoms with van der Waals surface area (Å²) in [6.07, 6.45) is 0. The molecule has 2 aliphatic heterocycles. The Morgan fingerprint density at radius 2 is 1.04 bits per heavy atom. The summed E-state index contributed by atoms with van der Waals surface area (Å²) in [6.45, 7) is 3.08. The van der Waals surface area contributed by atoms with Crippen LogP contribution < -0.4 is 28.4 Å². The van der Waals surface area contributed by atoms with Crippen molar-refractivity contribution in [2.75, 3.05) is 68.8 Å². The summed E-state index contributed by atoms with van der Waals surface area (Å²) in [5, 5.41) is 0. The van der Waals surface area contributed by atoms with E-state index in [1.165, 1.54) is 0 Å². The van der Waals surface area contributed by atoms with Gasteiger partial charge in [0.1, 0.15) is 47.7 Å². The highest BCUT2D eigenvalue weighted by Gasteiger charge is 2.41. The van der Waals surface area contributed by atoms with Crippen LogP contribution in [0.5, 0.6) is 34.5 Å². The lowest BCUT2D eigenvalue weighted by atomic mass is 9.75. The molecular weight excluding hydrogens is 660 g/mol. The molecule has 2 unspecified atom stereocenters. The summed E-state index contributed by atoms with van der Waals surface area (Å²) < 4.78 is 52.7. The van der Waals surface area contributed by atoms with Crippen LogP contribution in [0.15, 0.2) is 84.9 Å². The molecule has 0 bridgehead atoms. The first-order valence-corrected chi connectivity index (χ1v) is 16.1. The highest BCUT2D eigenvalue weighted by Crippen LogP contribution is 2.39. The van der Waals surface area contributed by atoms with Gasteiger partial charge in [-0.1, -0.05) is 24.3 Å². The van der Waals surface area contributed by atoms with Crippen molar-refractivity contribution < 1.29 is 57.0 Å². The van der Waals surface area contributed by atoms with Gasteiger partial charge in [-0.05, 0) is 66.6 Å². The zero-order chi connectivity index (χ0) is 36.2. The Morgan fingerprint density at radius 3 is 1.57 bits per heavy atom. The van der Waals surface area contributed by atoms with E-state index in [-0.39, 0.29) is 57.9 Å². The SMILES string of the molecule is COCOc1ccc(C2(C)COc3cc(OCOC)ccc3C2=O)cc1.COCOc1ccc(C2COc3cc(OCOC)ccc3C2=O)cc1. The predicted molar refractivity (Wildman–Crippen MR) is 186 cm³/mol. The van der Waals surface area contributed by atoms with E-state index >= 15 is 0 Å². The van der Waals surface area contributed by atoms with E-state index in [0.29, 0.717) is 45.6 Å². The molecule has 12 heteroatoms. The second kappa shape index (κ2) is 17.7. The fraction of sp³-hybridized carbons (Fsp3) is 0.333. The first kappa shape index (κ1) is 37.1. The second-order valence-corrected chi connectivity index (χ2v) is 11.8. The van der Waals surface area contributed by atoms with Crippen molar-refractivity contribution in [2.24, 2.45) is 0 Å². The van der Waals surface area contributed by atoms with Crippen LogP contribution in [0.2, 0.25) is 0 Å². The second-order valence-electron chi connectivity index (χ2n) is 11.8. The van der Waals surface area contributed by atoms with Crippen molar-refractivity contribution in [3.05, 3.63) is 107 Å². The number of carbonyl (C=O) groups is 2. The fourth-order valence-corrected chi connectivity index (χ4v) is 5.52. The maximum absolute atomic E-state index is 13.1. The van der Waals surface area contributed by atoms with E-state index in [1.807, 2.05) is 55.5 Å². The molecule has 0 saturated heterocycles. The van der Waals surface area contributed by atoms with Gasteiger partial charge in [-0.25, -0.2) is 0 Å². The molecule has 0 aromatic heterocycles. The van der Waals surface area contributed by atoms with Gasteiger partial charge in [-0.2, -0.15) is 0 Å². The molecule has 2 atom stereocenters. The van der Waals surface area contributed by atoms with Crippen LogP contribution in [0.1, 0.15) is 44.7 Å². The third-order valence-electron chi connectivity index (χ3n) is 8.30. The predicted octanol–water partition coefficient (Wildman–Crippen LogP) is 6.20. The Bertz CT molecular complexity index is 1760. The molecule has 12 nitrogen and oxygen atoms in total. The fourth-order valence-electron chi connectivity index (χ4n) is 5.52. The van der Waals surface area contributed by atoms with Crippen LogP contribution >= 0.6 is 0 Å². The zero-order valence-electron chi connectivity index (χ0n) is 29.3. The van der Waals surface area contributed by atoms with E-state index in [4.69, 9.17) is 47.4 Å². The summed E-state index contributed by atoms with van der Waals surface area (Å²) in [7, 11) is 6.23. The molecule has 0 spiro atoms. The van der Waals surface area contributed by atoms with Crippen molar-refractivity contribution in [2.45, 2.75) is 18.3 Å². The summed E-state index contributed by atoms with van der Waals surface area (Å²) in [5.41, 5.74) is 2.10. The quantitative estimate of drug-likeness (QED) is 0.139. The number of Topliss-reactive ketones (excluding diaryl/α,β-unsaturated/α-hetero) is 2. The van der Waals surface area contributed by atoms with Crippen LogP contribution in [-0.4, -0.2) is 80.4 Å². The Labute approximate surface area is 297 Å². The Morgan fingerprint density at radius 1 is 0.588 bits per heavy atom. The van der Waals surface area contributed by atoms with Gasteiger partial charge in [0.25, 0.3) is 0 Å². The highest BCUT2D eigenvalue weighted by molar-refractivity contribution is 6.07. The first-order valence-electron chi connectivity index (χ1n) is 16.1. The number of ketones is 2. The topological polar surface area (TPSA) is 126 Å². The normalized spacial score (nSPS) is 17.5. The molecule has 2 aliphatic rings. The average Bonchev–Trinajstić information content (AvgIpc) is 3.17. The van der Waals surface area contributed by atoms with E-state index in [2.05, 4.69) is 0 Å². The number of methoxy groups -OCH3 is 4. The van der Waals surface area contributed by atoms with E-state index in [1.54, 1.807) is 64.8 Å². The van der Waals surface area contributed by atoms with Crippen LogP contribution in [0, 0.1) is 0 Å². The molecular formula is C39H42O12. The molecule has 0 saturated carbocycles. The van der Waals surface area contributed by atoms with Crippen LogP contribution in [0.4, 0.5) is 0 Å². The van der Waals surface area contributed by atoms with Gasteiger partial charge in [0, 0.05) is 40.6 Å². The van der Waals surface area contributed by atoms with Crippen molar-refractivity contribution >= 4 is 11.6 Å². The maximum Gasteiger partial charge on any atom is 0.188 e. The third-order valence-corrected chi connectivity index (χ3v) is 8.30. The lowest BCUT2D eigenvalue weighted by Gasteiger charge is -2.34. The van der Waals surface area contributed by atoms with Gasteiger partial charge in [-0.15, -0.1) is 0 Å². The maximum atomic E-state index is 13.1. The number of ether oxygens (including phenoxy) is 10. The van der Waals surface area contributed by atoms with Crippen molar-refractivity contribution in [1.82, 2.24) is 0 Å². The lowest BCUT2D eigenvalue weighted by Crippen LogP contribution is -2.42. The Kier molecular flexibility index (Phi) is 12.9. The van der Waals surface area contributed by atoms with Gasteiger partial charge in [-0.3, -0.25) is 9.59 Å². The summed E-state index contributed by atoms with van der Waals surface area (Å²) in [4.78, 5) is 25.9. The number of hydrogen-bond acceptors (Lipinski definition) is 12. The molecule has 6 rings (SSSR count). The number of carbonyl (C=O) groups excluding carboxylic acids is 2. The molecule has 4 aromatic rings. The smallest absolute Gasteiger partial charge is 0.188 e. The summed E-state index contributed by atoms with van der Waals surface area (Å²) in [6, 6.07) is 25.2. The molecule has 2 heterocycles. The molecule has 0 fully saturated rings. The minimum Gasteiger partial charge on any atom is -0.492 e. The van der Waals surface area contributed by atoms with Crippen LogP contribution in [0.25, 0.3) is 0 Å². The standard InChI is InChI=1S/C20H22O6.C19H20O6/c1-20(14-4-6-15(7-5-14)25-12-22-2)11-24-18-10-16(26-13-23-3)8-9-17(18)19(20)21;1-21-11-24-14-5-3-13(4-6-14)17-10-23-18-9-15(25-12-22-2)7-8-16(18)19(17)20/h4-10H,11-13H2,1-3H3;3-9,17H,10-12H2,1-2H3. The zero-order valence-corrected chi connectivity index (χ0v) is 29.3. The molecule has 4 aromatic carbocycles. The average molecular weight is 703 g/mol. The van der Waals surface area contributed by atoms with Crippen LogP contribution in [0.3, 0.4) is 0 Å². The minimum absolute atomic E-state index is 0.0163. The Hall–Kier alpha value is -5.14. The van der Waals surface area contributed by atoms with E-state index < -0.39 is 5.41 Å². The first-order chi connectivity index (χ1) is 24.8. The van der Waals surface area contributed by atoms with Gasteiger partial charge in [0.2, 0.25) is 0 Å². The molecule has 0 radical (unpaired) electrons. The summed E-state index contributed by atoms with van der Waals surface area (Å²) >= 11 is 0.